The van der Waals surface area contributed by atoms with Gasteiger partial charge in [0.1, 0.15) is 5.78 Å². The van der Waals surface area contributed by atoms with Crippen molar-refractivity contribution >= 4 is 5.78 Å². The van der Waals surface area contributed by atoms with Crippen LogP contribution in [0.5, 0.6) is 0 Å². The quantitative estimate of drug-likeness (QED) is 0.736. The van der Waals surface area contributed by atoms with Crippen LogP contribution in [0, 0.1) is 17.8 Å². The topological polar surface area (TPSA) is 17.1 Å². The van der Waals surface area contributed by atoms with E-state index < -0.39 is 0 Å². The Morgan fingerprint density at radius 2 is 1.62 bits per heavy atom. The molecule has 1 nitrogen and oxygen atoms in total. The van der Waals surface area contributed by atoms with E-state index in [4.69, 9.17) is 0 Å². The molecular formula is C15H22O. The van der Waals surface area contributed by atoms with Gasteiger partial charge >= 0.3 is 0 Å². The molecule has 0 spiro atoms. The molecule has 0 saturated heterocycles. The van der Waals surface area contributed by atoms with E-state index in [1.807, 2.05) is 32.0 Å². The van der Waals surface area contributed by atoms with Crippen molar-refractivity contribution in [1.29, 1.82) is 0 Å². The van der Waals surface area contributed by atoms with Gasteiger partial charge < -0.3 is 0 Å². The second-order valence-electron chi connectivity index (χ2n) is 5.10. The minimum absolute atomic E-state index is 0.135. The monoisotopic (exact) mass is 218 g/mol. The van der Waals surface area contributed by atoms with Crippen molar-refractivity contribution < 1.29 is 4.79 Å². The van der Waals surface area contributed by atoms with Crippen LogP contribution in [0.2, 0.25) is 0 Å². The summed E-state index contributed by atoms with van der Waals surface area (Å²) in [5.41, 5.74) is 1.26. The lowest BCUT2D eigenvalue weighted by Crippen LogP contribution is -2.26. The zero-order chi connectivity index (χ0) is 12.1. The molecule has 0 radical (unpaired) electrons. The number of carbonyl (C=O) groups excluding carboxylic acids is 1. The summed E-state index contributed by atoms with van der Waals surface area (Å²) in [6.07, 6.45) is 0.871. The van der Waals surface area contributed by atoms with Crippen molar-refractivity contribution in [2.45, 2.75) is 34.1 Å². The van der Waals surface area contributed by atoms with Gasteiger partial charge in [-0.2, -0.15) is 0 Å². The van der Waals surface area contributed by atoms with E-state index in [0.29, 0.717) is 11.7 Å². The van der Waals surface area contributed by atoms with Gasteiger partial charge in [-0.3, -0.25) is 4.79 Å². The van der Waals surface area contributed by atoms with E-state index in [1.165, 1.54) is 5.56 Å². The molecule has 0 aliphatic rings. The Balaban J connectivity index is 2.77. The molecule has 0 heterocycles. The zero-order valence-electron chi connectivity index (χ0n) is 10.7. The lowest BCUT2D eigenvalue weighted by atomic mass is 9.82. The highest BCUT2D eigenvalue weighted by Crippen LogP contribution is 2.21. The first kappa shape index (κ1) is 13.0. The fourth-order valence-electron chi connectivity index (χ4n) is 1.96. The average molecular weight is 218 g/mol. The number of hydrogen-bond acceptors (Lipinski definition) is 1. The minimum Gasteiger partial charge on any atom is -0.299 e. The normalized spacial score (nSPS) is 13.1. The fourth-order valence-corrected chi connectivity index (χ4v) is 1.96. The molecule has 0 fully saturated rings. The average Bonchev–Trinajstić information content (AvgIpc) is 2.26. The predicted molar refractivity (Wildman–Crippen MR) is 68.3 cm³/mol. The smallest absolute Gasteiger partial charge is 0.139 e. The van der Waals surface area contributed by atoms with E-state index in [9.17, 15) is 4.79 Å². The third-order valence-corrected chi connectivity index (χ3v) is 3.04. The van der Waals surface area contributed by atoms with Crippen molar-refractivity contribution in [3.8, 4) is 0 Å². The molecule has 0 aliphatic carbocycles. The molecule has 1 aromatic carbocycles. The Bertz CT molecular complexity index is 325. The Hall–Kier alpha value is -1.11. The summed E-state index contributed by atoms with van der Waals surface area (Å²) in [5.74, 6) is 1.09. The molecule has 1 rings (SSSR count). The summed E-state index contributed by atoms with van der Waals surface area (Å²) < 4.78 is 0. The Kier molecular flexibility index (Phi) is 4.72. The highest BCUT2D eigenvalue weighted by Gasteiger charge is 2.24. The van der Waals surface area contributed by atoms with E-state index in [1.54, 1.807) is 0 Å². The number of rotatable bonds is 5. The number of ketones is 1. The zero-order valence-corrected chi connectivity index (χ0v) is 10.7. The summed E-state index contributed by atoms with van der Waals surface area (Å²) in [7, 11) is 0. The molecule has 0 aromatic heterocycles. The molecule has 1 heteroatoms. The summed E-state index contributed by atoms with van der Waals surface area (Å²) >= 11 is 0. The van der Waals surface area contributed by atoms with Crippen LogP contribution in [0.3, 0.4) is 0 Å². The van der Waals surface area contributed by atoms with Crippen molar-refractivity contribution in [2.24, 2.45) is 17.8 Å². The maximum atomic E-state index is 12.1. The SMILES string of the molecule is CC(C)C(=O)[C@@H](Cc1ccccc1)C(C)C. The van der Waals surface area contributed by atoms with E-state index >= 15 is 0 Å². The van der Waals surface area contributed by atoms with Gasteiger partial charge in [0.15, 0.2) is 0 Å². The van der Waals surface area contributed by atoms with Gasteiger partial charge in [-0.1, -0.05) is 58.0 Å². The maximum absolute atomic E-state index is 12.1. The second-order valence-corrected chi connectivity index (χ2v) is 5.10. The highest BCUT2D eigenvalue weighted by molar-refractivity contribution is 5.83. The van der Waals surface area contributed by atoms with Gasteiger partial charge in [0.25, 0.3) is 0 Å². The first-order valence-corrected chi connectivity index (χ1v) is 6.10. The second kappa shape index (κ2) is 5.83. The first-order chi connectivity index (χ1) is 7.52. The van der Waals surface area contributed by atoms with Crippen molar-refractivity contribution in [3.05, 3.63) is 35.9 Å². The molecule has 0 N–H and O–H groups in total. The standard InChI is InChI=1S/C15H22O/c1-11(2)14(15(16)12(3)4)10-13-8-6-5-7-9-13/h5-9,11-12,14H,10H2,1-4H3/t14-/m0/s1. The van der Waals surface area contributed by atoms with Gasteiger partial charge in [0.05, 0.1) is 0 Å². The number of hydrogen-bond donors (Lipinski definition) is 0. The van der Waals surface area contributed by atoms with Crippen molar-refractivity contribution in [3.63, 3.8) is 0 Å². The molecule has 0 unspecified atom stereocenters. The van der Waals surface area contributed by atoms with Gasteiger partial charge in [-0.25, -0.2) is 0 Å². The largest absolute Gasteiger partial charge is 0.299 e. The van der Waals surface area contributed by atoms with Crippen LogP contribution in [0.4, 0.5) is 0 Å². The number of Topliss-reactive ketones (excluding diaryl/α,β-unsaturated/α-hetero) is 1. The molecule has 16 heavy (non-hydrogen) atoms. The van der Waals surface area contributed by atoms with Gasteiger partial charge in [-0.15, -0.1) is 0 Å². The minimum atomic E-state index is 0.135. The Morgan fingerprint density at radius 3 is 2.06 bits per heavy atom. The van der Waals surface area contributed by atoms with Gasteiger partial charge in [0.2, 0.25) is 0 Å². The lowest BCUT2D eigenvalue weighted by molar-refractivity contribution is -0.127. The van der Waals surface area contributed by atoms with Gasteiger partial charge in [-0.05, 0) is 17.9 Å². The molecule has 0 amide bonds. The highest BCUT2D eigenvalue weighted by atomic mass is 16.1. The van der Waals surface area contributed by atoms with Crippen molar-refractivity contribution in [2.75, 3.05) is 0 Å². The van der Waals surface area contributed by atoms with Crippen LogP contribution < -0.4 is 0 Å². The molecule has 0 bridgehead atoms. The molecule has 88 valence electrons. The molecular weight excluding hydrogens is 196 g/mol. The van der Waals surface area contributed by atoms with Crippen LogP contribution in [0.25, 0.3) is 0 Å². The third-order valence-electron chi connectivity index (χ3n) is 3.04. The van der Waals surface area contributed by atoms with Crippen molar-refractivity contribution in [1.82, 2.24) is 0 Å². The van der Waals surface area contributed by atoms with Crippen LogP contribution in [-0.2, 0) is 11.2 Å². The summed E-state index contributed by atoms with van der Waals surface area (Å²) in [4.78, 5) is 12.1. The molecule has 0 aliphatic heterocycles. The summed E-state index contributed by atoms with van der Waals surface area (Å²) in [5, 5.41) is 0. The Morgan fingerprint density at radius 1 is 1.06 bits per heavy atom. The van der Waals surface area contributed by atoms with Crippen LogP contribution in [0.1, 0.15) is 33.3 Å². The van der Waals surface area contributed by atoms with Crippen LogP contribution in [0.15, 0.2) is 30.3 Å². The van der Waals surface area contributed by atoms with E-state index in [-0.39, 0.29) is 11.8 Å². The summed E-state index contributed by atoms with van der Waals surface area (Å²) in [6.45, 7) is 8.24. The molecule has 1 atom stereocenters. The molecule has 1 aromatic rings. The maximum Gasteiger partial charge on any atom is 0.139 e. The Labute approximate surface area is 98.9 Å². The number of carbonyl (C=O) groups is 1. The first-order valence-electron chi connectivity index (χ1n) is 6.10. The lowest BCUT2D eigenvalue weighted by Gasteiger charge is -2.21. The van der Waals surface area contributed by atoms with E-state index in [0.717, 1.165) is 6.42 Å². The van der Waals surface area contributed by atoms with E-state index in [2.05, 4.69) is 26.0 Å². The van der Waals surface area contributed by atoms with Gasteiger partial charge in [0, 0.05) is 11.8 Å². The van der Waals surface area contributed by atoms with Crippen LogP contribution >= 0.6 is 0 Å². The predicted octanol–water partition coefficient (Wildman–Crippen LogP) is 3.73. The van der Waals surface area contributed by atoms with Crippen LogP contribution in [-0.4, -0.2) is 5.78 Å². The summed E-state index contributed by atoms with van der Waals surface area (Å²) in [6, 6.07) is 10.3. The molecule has 0 saturated carbocycles. The number of benzene rings is 1. The fraction of sp³-hybridized carbons (Fsp3) is 0.533. The third kappa shape index (κ3) is 3.48.